The first-order valence-electron chi connectivity index (χ1n) is 10.5. The number of hydrogen-bond donors (Lipinski definition) is 0. The van der Waals surface area contributed by atoms with Gasteiger partial charge in [0.05, 0.1) is 30.2 Å². The number of pyridine rings is 1. The van der Waals surface area contributed by atoms with Gasteiger partial charge in [0, 0.05) is 44.1 Å². The van der Waals surface area contributed by atoms with Crippen LogP contribution >= 0.6 is 0 Å². The lowest BCUT2D eigenvalue weighted by atomic mass is 9.67. The summed E-state index contributed by atoms with van der Waals surface area (Å²) in [7, 11) is 3.86. The number of methoxy groups -OCH3 is 1. The van der Waals surface area contributed by atoms with Crippen molar-refractivity contribution in [2.75, 3.05) is 13.7 Å². The number of nitrogens with zero attached hydrogens (tertiary/aromatic N) is 3. The maximum absolute atomic E-state index is 6.44. The van der Waals surface area contributed by atoms with Crippen LogP contribution < -0.4 is 0 Å². The molecule has 0 N–H and O–H groups in total. The maximum atomic E-state index is 6.44. The molecule has 1 saturated carbocycles. The normalized spacial score (nSPS) is 24.1. The molecule has 1 aliphatic rings. The predicted molar refractivity (Wildman–Crippen MR) is 115 cm³/mol. The monoisotopic (exact) mass is 393 g/mol. The molecule has 1 aromatic carbocycles. The first-order chi connectivity index (χ1) is 14.0. The van der Waals surface area contributed by atoms with Gasteiger partial charge in [-0.1, -0.05) is 38.1 Å². The van der Waals surface area contributed by atoms with E-state index in [0.717, 1.165) is 36.3 Å². The molecule has 3 atom stereocenters. The number of imidazole rings is 1. The Bertz CT molecular complexity index is 965. The molecule has 0 saturated heterocycles. The Labute approximate surface area is 173 Å². The lowest BCUT2D eigenvalue weighted by molar-refractivity contribution is -0.106. The Kier molecular flexibility index (Phi) is 5.70. The van der Waals surface area contributed by atoms with E-state index >= 15 is 0 Å². The fourth-order valence-corrected chi connectivity index (χ4v) is 4.73. The zero-order valence-corrected chi connectivity index (χ0v) is 17.8. The van der Waals surface area contributed by atoms with E-state index in [1.807, 2.05) is 38.7 Å². The van der Waals surface area contributed by atoms with Gasteiger partial charge in [-0.05, 0) is 30.4 Å². The van der Waals surface area contributed by atoms with Crippen LogP contribution in [0.15, 0.2) is 48.8 Å². The zero-order chi connectivity index (χ0) is 20.4. The van der Waals surface area contributed by atoms with Gasteiger partial charge >= 0.3 is 0 Å². The average Bonchev–Trinajstić information content (AvgIpc) is 3.14. The van der Waals surface area contributed by atoms with E-state index in [2.05, 4.69) is 47.7 Å². The Hall–Kier alpha value is -2.24. The van der Waals surface area contributed by atoms with Crippen molar-refractivity contribution < 1.29 is 9.47 Å². The second-order valence-corrected chi connectivity index (χ2v) is 8.76. The van der Waals surface area contributed by atoms with Crippen molar-refractivity contribution in [2.45, 2.75) is 51.2 Å². The summed E-state index contributed by atoms with van der Waals surface area (Å²) in [5.41, 5.74) is 2.19. The maximum Gasteiger partial charge on any atom is 0.116 e. The van der Waals surface area contributed by atoms with E-state index in [-0.39, 0.29) is 23.5 Å². The van der Waals surface area contributed by atoms with E-state index in [0.29, 0.717) is 6.61 Å². The molecule has 2 heterocycles. The third-order valence-corrected chi connectivity index (χ3v) is 6.33. The lowest BCUT2D eigenvalue weighted by Crippen LogP contribution is -2.48. The molecule has 0 spiro atoms. The summed E-state index contributed by atoms with van der Waals surface area (Å²) >= 11 is 0. The first kappa shape index (κ1) is 20.0. The third kappa shape index (κ3) is 4.07. The lowest BCUT2D eigenvalue weighted by Gasteiger charge is -2.46. The van der Waals surface area contributed by atoms with E-state index < -0.39 is 0 Å². The third-order valence-electron chi connectivity index (χ3n) is 6.33. The molecule has 0 bridgehead atoms. The average molecular weight is 394 g/mol. The predicted octanol–water partition coefficient (Wildman–Crippen LogP) is 4.51. The fraction of sp³-hybridized carbons (Fsp3) is 0.500. The van der Waals surface area contributed by atoms with Crippen molar-refractivity contribution in [1.82, 2.24) is 14.5 Å². The highest BCUT2D eigenvalue weighted by atomic mass is 16.5. The molecule has 2 aromatic heterocycles. The number of aryl methyl sites for hydroxylation is 1. The van der Waals surface area contributed by atoms with Crippen LogP contribution in [-0.4, -0.2) is 40.5 Å². The van der Waals surface area contributed by atoms with E-state index in [1.165, 1.54) is 5.39 Å². The number of hydrogen-bond acceptors (Lipinski definition) is 4. The number of benzene rings is 1. The minimum atomic E-state index is 0.0705. The van der Waals surface area contributed by atoms with Crippen molar-refractivity contribution in [1.29, 1.82) is 0 Å². The minimum absolute atomic E-state index is 0.0705. The van der Waals surface area contributed by atoms with Crippen molar-refractivity contribution >= 4 is 10.9 Å². The van der Waals surface area contributed by atoms with Crippen LogP contribution in [-0.2, 0) is 22.9 Å². The second kappa shape index (κ2) is 8.25. The number of fused-ring (bicyclic) bond motifs is 1. The Balaban J connectivity index is 1.49. The van der Waals surface area contributed by atoms with Gasteiger partial charge in [-0.25, -0.2) is 4.98 Å². The molecule has 5 heteroatoms. The molecule has 154 valence electrons. The second-order valence-electron chi connectivity index (χ2n) is 8.76. The van der Waals surface area contributed by atoms with Gasteiger partial charge in [0.25, 0.3) is 0 Å². The fourth-order valence-electron chi connectivity index (χ4n) is 4.73. The molecule has 4 rings (SSSR count). The van der Waals surface area contributed by atoms with Crippen molar-refractivity contribution in [3.63, 3.8) is 0 Å². The summed E-state index contributed by atoms with van der Waals surface area (Å²) in [6.07, 6.45) is 6.91. The molecule has 0 amide bonds. The number of rotatable bonds is 6. The van der Waals surface area contributed by atoms with Gasteiger partial charge in [0.2, 0.25) is 0 Å². The minimum Gasteiger partial charge on any atom is -0.380 e. The van der Waals surface area contributed by atoms with Crippen LogP contribution in [0.25, 0.3) is 10.9 Å². The van der Waals surface area contributed by atoms with Crippen LogP contribution in [0, 0.1) is 5.41 Å². The standard InChI is InChI=1S/C24H31N3O2/c1-24(2)13-11-20(21(22(24)28-4)23-25-14-15-27(23)3)29-16-12-18-10-9-17-7-5-6-8-19(17)26-18/h5-10,14-15,20-22H,11-13,16H2,1-4H3. The molecule has 3 aromatic rings. The van der Waals surface area contributed by atoms with E-state index in [1.54, 1.807) is 0 Å². The molecule has 1 aliphatic carbocycles. The molecule has 5 nitrogen and oxygen atoms in total. The Morgan fingerprint density at radius 1 is 1.17 bits per heavy atom. The molecule has 0 radical (unpaired) electrons. The highest BCUT2D eigenvalue weighted by Gasteiger charge is 2.47. The van der Waals surface area contributed by atoms with Gasteiger partial charge in [-0.15, -0.1) is 0 Å². The Morgan fingerprint density at radius 2 is 2.00 bits per heavy atom. The quantitative estimate of drug-likeness (QED) is 0.618. The largest absolute Gasteiger partial charge is 0.380 e. The topological polar surface area (TPSA) is 49.2 Å². The molecule has 3 unspecified atom stereocenters. The number of aromatic nitrogens is 3. The van der Waals surface area contributed by atoms with Crippen molar-refractivity contribution in [2.24, 2.45) is 12.5 Å². The highest BCUT2D eigenvalue weighted by Crippen LogP contribution is 2.46. The van der Waals surface area contributed by atoms with Crippen LogP contribution in [0.5, 0.6) is 0 Å². The van der Waals surface area contributed by atoms with Crippen molar-refractivity contribution in [3.8, 4) is 0 Å². The van der Waals surface area contributed by atoms with Gasteiger partial charge in [0.15, 0.2) is 0 Å². The smallest absolute Gasteiger partial charge is 0.116 e. The summed E-state index contributed by atoms with van der Waals surface area (Å²) < 4.78 is 14.5. The Morgan fingerprint density at radius 3 is 2.76 bits per heavy atom. The molecule has 29 heavy (non-hydrogen) atoms. The van der Waals surface area contributed by atoms with Crippen molar-refractivity contribution in [3.05, 3.63) is 60.3 Å². The van der Waals surface area contributed by atoms with Crippen LogP contribution in [0.3, 0.4) is 0 Å². The number of ether oxygens (including phenoxy) is 2. The van der Waals surface area contributed by atoms with Crippen LogP contribution in [0.1, 0.15) is 44.1 Å². The van der Waals surface area contributed by atoms with Gasteiger partial charge < -0.3 is 14.0 Å². The first-order valence-corrected chi connectivity index (χ1v) is 10.5. The summed E-state index contributed by atoms with van der Waals surface area (Å²) in [6, 6.07) is 12.5. The van der Waals surface area contributed by atoms with E-state index in [4.69, 9.17) is 14.5 Å². The van der Waals surface area contributed by atoms with Gasteiger partial charge in [-0.2, -0.15) is 0 Å². The SMILES string of the molecule is COC1C(c2nccn2C)C(OCCc2ccc3ccccc3n2)CCC1(C)C. The zero-order valence-electron chi connectivity index (χ0n) is 17.8. The number of para-hydroxylation sites is 1. The summed E-state index contributed by atoms with van der Waals surface area (Å²) in [5, 5.41) is 1.17. The molecule has 1 fully saturated rings. The van der Waals surface area contributed by atoms with Crippen LogP contribution in [0.2, 0.25) is 0 Å². The molecule has 0 aliphatic heterocycles. The molecular weight excluding hydrogens is 362 g/mol. The molecular formula is C24H31N3O2. The van der Waals surface area contributed by atoms with Gasteiger partial charge in [-0.3, -0.25) is 4.98 Å². The summed E-state index contributed by atoms with van der Waals surface area (Å²) in [5.74, 6) is 1.16. The van der Waals surface area contributed by atoms with Crippen LogP contribution in [0.4, 0.5) is 0 Å². The van der Waals surface area contributed by atoms with E-state index in [9.17, 15) is 0 Å². The van der Waals surface area contributed by atoms with Gasteiger partial charge in [0.1, 0.15) is 5.82 Å². The highest BCUT2D eigenvalue weighted by molar-refractivity contribution is 5.78. The summed E-state index contributed by atoms with van der Waals surface area (Å²) in [6.45, 7) is 5.21. The summed E-state index contributed by atoms with van der Waals surface area (Å²) in [4.78, 5) is 9.42.